The van der Waals surface area contributed by atoms with Crippen molar-refractivity contribution in [2.75, 3.05) is 5.32 Å². The summed E-state index contributed by atoms with van der Waals surface area (Å²) in [5, 5.41) is 12.3. The van der Waals surface area contributed by atoms with Gasteiger partial charge in [-0.05, 0) is 18.6 Å². The van der Waals surface area contributed by atoms with Crippen molar-refractivity contribution < 1.29 is 9.90 Å². The molecule has 20 heavy (non-hydrogen) atoms. The third-order valence-corrected chi connectivity index (χ3v) is 3.51. The molecule has 0 aliphatic carbocycles. The van der Waals surface area contributed by atoms with E-state index in [1.165, 1.54) is 32.1 Å². The van der Waals surface area contributed by atoms with Crippen molar-refractivity contribution in [2.45, 2.75) is 64.3 Å². The number of benzene rings is 1. The van der Waals surface area contributed by atoms with E-state index in [2.05, 4.69) is 12.2 Å². The van der Waals surface area contributed by atoms with E-state index in [4.69, 9.17) is 0 Å². The Bertz CT molecular complexity index is 365. The standard InChI is InChI=1S/C17H27NO2/c1-2-3-4-5-6-7-11-14-16(17(19)20)18-15-12-9-8-10-13-15/h8-10,12-13,16,18H,2-7,11,14H2,1H3,(H,19,20). The molecule has 0 amide bonds. The highest BCUT2D eigenvalue weighted by Crippen LogP contribution is 2.13. The maximum absolute atomic E-state index is 11.2. The summed E-state index contributed by atoms with van der Waals surface area (Å²) >= 11 is 0. The van der Waals surface area contributed by atoms with Crippen molar-refractivity contribution in [3.05, 3.63) is 30.3 Å². The van der Waals surface area contributed by atoms with Gasteiger partial charge in [0, 0.05) is 5.69 Å². The number of hydrogen-bond donors (Lipinski definition) is 2. The van der Waals surface area contributed by atoms with Crippen LogP contribution >= 0.6 is 0 Å². The van der Waals surface area contributed by atoms with E-state index < -0.39 is 12.0 Å². The molecule has 0 aliphatic rings. The summed E-state index contributed by atoms with van der Waals surface area (Å²) in [6, 6.07) is 9.08. The predicted octanol–water partition coefficient (Wildman–Crippen LogP) is 4.69. The summed E-state index contributed by atoms with van der Waals surface area (Å²) in [6.07, 6.45) is 9.18. The van der Waals surface area contributed by atoms with Crippen LogP contribution < -0.4 is 5.32 Å². The number of nitrogens with one attached hydrogen (secondary N) is 1. The quantitative estimate of drug-likeness (QED) is 0.577. The molecule has 0 saturated heterocycles. The first kappa shape index (κ1) is 16.5. The minimum absolute atomic E-state index is 0.479. The zero-order chi connectivity index (χ0) is 14.6. The first-order chi connectivity index (χ1) is 9.74. The lowest BCUT2D eigenvalue weighted by Gasteiger charge is -2.15. The van der Waals surface area contributed by atoms with E-state index in [1.807, 2.05) is 30.3 Å². The van der Waals surface area contributed by atoms with Gasteiger partial charge in [0.05, 0.1) is 0 Å². The second kappa shape index (κ2) is 10.3. The van der Waals surface area contributed by atoms with Gasteiger partial charge in [0.15, 0.2) is 0 Å². The molecule has 1 aromatic rings. The molecule has 1 aromatic carbocycles. The van der Waals surface area contributed by atoms with Gasteiger partial charge in [0.1, 0.15) is 6.04 Å². The van der Waals surface area contributed by atoms with Crippen molar-refractivity contribution >= 4 is 11.7 Å². The number of aliphatic carboxylic acids is 1. The van der Waals surface area contributed by atoms with Crippen molar-refractivity contribution in [1.82, 2.24) is 0 Å². The predicted molar refractivity (Wildman–Crippen MR) is 84.1 cm³/mol. The molecule has 1 atom stereocenters. The summed E-state index contributed by atoms with van der Waals surface area (Å²) in [5.74, 6) is -0.764. The van der Waals surface area contributed by atoms with Gasteiger partial charge in [-0.3, -0.25) is 0 Å². The molecule has 1 unspecified atom stereocenters. The molecule has 3 heteroatoms. The summed E-state index contributed by atoms with van der Waals surface area (Å²) in [7, 11) is 0. The van der Waals surface area contributed by atoms with Gasteiger partial charge in [0.25, 0.3) is 0 Å². The van der Waals surface area contributed by atoms with Crippen LogP contribution in [-0.2, 0) is 4.79 Å². The maximum atomic E-state index is 11.2. The molecule has 0 bridgehead atoms. The Kier molecular flexibility index (Phi) is 8.52. The Morgan fingerprint density at radius 2 is 1.65 bits per heavy atom. The van der Waals surface area contributed by atoms with Crippen LogP contribution in [0.4, 0.5) is 5.69 Å². The molecule has 0 saturated carbocycles. The lowest BCUT2D eigenvalue weighted by Crippen LogP contribution is -2.29. The largest absolute Gasteiger partial charge is 0.480 e. The number of rotatable bonds is 11. The molecule has 0 aromatic heterocycles. The van der Waals surface area contributed by atoms with E-state index >= 15 is 0 Å². The van der Waals surface area contributed by atoms with Crippen LogP contribution in [-0.4, -0.2) is 17.1 Å². The fourth-order valence-electron chi connectivity index (χ4n) is 2.30. The van der Waals surface area contributed by atoms with Gasteiger partial charge in [-0.1, -0.05) is 70.1 Å². The summed E-state index contributed by atoms with van der Waals surface area (Å²) in [5.41, 5.74) is 0.878. The number of unbranched alkanes of at least 4 members (excludes halogenated alkanes) is 6. The van der Waals surface area contributed by atoms with E-state index in [0.717, 1.165) is 18.5 Å². The maximum Gasteiger partial charge on any atom is 0.326 e. The Morgan fingerprint density at radius 3 is 2.25 bits per heavy atom. The molecule has 0 spiro atoms. The second-order valence-corrected chi connectivity index (χ2v) is 5.31. The molecule has 0 radical (unpaired) electrons. The van der Waals surface area contributed by atoms with Gasteiger partial charge >= 0.3 is 5.97 Å². The third kappa shape index (κ3) is 7.17. The monoisotopic (exact) mass is 277 g/mol. The molecule has 112 valence electrons. The number of carbonyl (C=O) groups is 1. The normalized spacial score (nSPS) is 12.1. The van der Waals surface area contributed by atoms with Gasteiger partial charge < -0.3 is 10.4 Å². The van der Waals surface area contributed by atoms with Crippen LogP contribution in [0, 0.1) is 0 Å². The second-order valence-electron chi connectivity index (χ2n) is 5.31. The smallest absolute Gasteiger partial charge is 0.326 e. The van der Waals surface area contributed by atoms with Crippen LogP contribution in [0.5, 0.6) is 0 Å². The van der Waals surface area contributed by atoms with Crippen molar-refractivity contribution in [3.8, 4) is 0 Å². The number of anilines is 1. The van der Waals surface area contributed by atoms with E-state index in [-0.39, 0.29) is 0 Å². The number of carboxylic acid groups (broad SMARTS) is 1. The van der Waals surface area contributed by atoms with Crippen molar-refractivity contribution in [3.63, 3.8) is 0 Å². The number of hydrogen-bond acceptors (Lipinski definition) is 2. The van der Waals surface area contributed by atoms with Crippen molar-refractivity contribution in [2.24, 2.45) is 0 Å². The van der Waals surface area contributed by atoms with Gasteiger partial charge in [-0.2, -0.15) is 0 Å². The average molecular weight is 277 g/mol. The van der Waals surface area contributed by atoms with Crippen LogP contribution in [0.2, 0.25) is 0 Å². The first-order valence-corrected chi connectivity index (χ1v) is 7.78. The molecule has 0 aliphatic heterocycles. The van der Waals surface area contributed by atoms with Gasteiger partial charge in [0.2, 0.25) is 0 Å². The Morgan fingerprint density at radius 1 is 1.05 bits per heavy atom. The van der Waals surface area contributed by atoms with Crippen LogP contribution in [0.15, 0.2) is 30.3 Å². The van der Waals surface area contributed by atoms with Gasteiger partial charge in [-0.15, -0.1) is 0 Å². The first-order valence-electron chi connectivity index (χ1n) is 7.78. The average Bonchev–Trinajstić information content (AvgIpc) is 2.46. The lowest BCUT2D eigenvalue weighted by molar-refractivity contribution is -0.138. The zero-order valence-electron chi connectivity index (χ0n) is 12.5. The fourth-order valence-corrected chi connectivity index (χ4v) is 2.30. The highest BCUT2D eigenvalue weighted by Gasteiger charge is 2.16. The Labute approximate surface area is 122 Å². The highest BCUT2D eigenvalue weighted by atomic mass is 16.4. The van der Waals surface area contributed by atoms with Crippen molar-refractivity contribution in [1.29, 1.82) is 0 Å². The van der Waals surface area contributed by atoms with E-state index in [1.54, 1.807) is 0 Å². The molecular formula is C17H27NO2. The molecule has 3 nitrogen and oxygen atoms in total. The Balaban J connectivity index is 2.21. The summed E-state index contributed by atoms with van der Waals surface area (Å²) < 4.78 is 0. The highest BCUT2D eigenvalue weighted by molar-refractivity contribution is 5.77. The number of carboxylic acids is 1. The summed E-state index contributed by atoms with van der Waals surface area (Å²) in [6.45, 7) is 2.21. The SMILES string of the molecule is CCCCCCCCCC(Nc1ccccc1)C(=O)O. The topological polar surface area (TPSA) is 49.3 Å². The zero-order valence-corrected chi connectivity index (χ0v) is 12.5. The third-order valence-electron chi connectivity index (χ3n) is 3.51. The molecule has 0 heterocycles. The molecule has 0 fully saturated rings. The minimum Gasteiger partial charge on any atom is -0.480 e. The van der Waals surface area contributed by atoms with E-state index in [9.17, 15) is 9.90 Å². The van der Waals surface area contributed by atoms with Crippen LogP contribution in [0.3, 0.4) is 0 Å². The fraction of sp³-hybridized carbons (Fsp3) is 0.588. The van der Waals surface area contributed by atoms with E-state index in [0.29, 0.717) is 6.42 Å². The van der Waals surface area contributed by atoms with Crippen LogP contribution in [0.1, 0.15) is 58.3 Å². The van der Waals surface area contributed by atoms with Gasteiger partial charge in [-0.25, -0.2) is 4.79 Å². The lowest BCUT2D eigenvalue weighted by atomic mass is 10.0. The number of para-hydroxylation sites is 1. The molecule has 1 rings (SSSR count). The minimum atomic E-state index is -0.764. The molecule has 2 N–H and O–H groups in total. The Hall–Kier alpha value is -1.51. The molecular weight excluding hydrogens is 250 g/mol. The summed E-state index contributed by atoms with van der Waals surface area (Å²) in [4.78, 5) is 11.2. The van der Waals surface area contributed by atoms with Crippen LogP contribution in [0.25, 0.3) is 0 Å².